The van der Waals surface area contributed by atoms with Crippen LogP contribution in [0.2, 0.25) is 0 Å². The largest absolute Gasteiger partial charge is 0.464 e. The number of carbonyl (C=O) groups is 2. The van der Waals surface area contributed by atoms with Gasteiger partial charge in [0.05, 0.1) is 6.61 Å². The number of rotatable bonds is 2. The van der Waals surface area contributed by atoms with E-state index in [9.17, 15) is 9.59 Å². The maximum absolute atomic E-state index is 12.2. The number of ether oxygens (including phenoxy) is 1. The molecule has 2 N–H and O–H groups in total. The number of imidazole rings is 1. The maximum Gasteiger partial charge on any atom is 0.334 e. The minimum atomic E-state index is -1.11. The van der Waals surface area contributed by atoms with Crippen LogP contribution in [0.4, 0.5) is 5.82 Å². The third kappa shape index (κ3) is 1.71. The first-order chi connectivity index (χ1) is 9.22. The molecule has 0 aliphatic carbocycles. The summed E-state index contributed by atoms with van der Waals surface area (Å²) in [5.74, 6) is -0.313. The summed E-state index contributed by atoms with van der Waals surface area (Å²) < 4.78 is 6.03. The molecule has 0 bridgehead atoms. The van der Waals surface area contributed by atoms with Crippen LogP contribution in [0.1, 0.15) is 11.7 Å². The van der Waals surface area contributed by atoms with E-state index >= 15 is 0 Å². The summed E-state index contributed by atoms with van der Waals surface area (Å²) in [6.45, 7) is 1.87. The van der Waals surface area contributed by atoms with Gasteiger partial charge in [-0.3, -0.25) is 9.36 Å². The second-order valence-electron chi connectivity index (χ2n) is 3.80. The van der Waals surface area contributed by atoms with E-state index in [0.717, 1.165) is 0 Å². The molecule has 3 heterocycles. The predicted octanol–water partition coefficient (Wildman–Crippen LogP) is -0.720. The van der Waals surface area contributed by atoms with E-state index in [2.05, 4.69) is 25.8 Å². The Morgan fingerprint density at radius 2 is 2.32 bits per heavy atom. The van der Waals surface area contributed by atoms with Crippen molar-refractivity contribution in [2.24, 2.45) is 0 Å². The topological polar surface area (TPSA) is 111 Å². The molecule has 9 heteroatoms. The fraction of sp³-hybridized carbons (Fsp3) is 0.300. The van der Waals surface area contributed by atoms with Crippen LogP contribution in [0.5, 0.6) is 0 Å². The van der Waals surface area contributed by atoms with E-state index in [4.69, 9.17) is 4.74 Å². The van der Waals surface area contributed by atoms with Gasteiger partial charge in [0.2, 0.25) is 6.04 Å². The molecule has 0 aromatic rings. The Kier molecular flexibility index (Phi) is 2.60. The molecule has 0 spiro atoms. The van der Waals surface area contributed by atoms with Crippen LogP contribution in [0, 0.1) is 0 Å². The molecule has 3 aliphatic rings. The van der Waals surface area contributed by atoms with Crippen molar-refractivity contribution in [2.75, 3.05) is 12.0 Å². The van der Waals surface area contributed by atoms with Crippen molar-refractivity contribution in [2.45, 2.75) is 13.0 Å². The number of hydrogen-bond acceptors (Lipinski definition) is 8. The number of hydrogen-bond donors (Lipinski definition) is 2. The Labute approximate surface area is 107 Å². The lowest BCUT2D eigenvalue weighted by molar-refractivity contribution is -0.144. The summed E-state index contributed by atoms with van der Waals surface area (Å²) in [6, 6.07) is -1.11. The van der Waals surface area contributed by atoms with Gasteiger partial charge >= 0.3 is 5.97 Å². The SMILES string of the molecule is CCOC(=O)C1NNc2c3ncnc-3ncn2C1=O. The highest BCUT2D eigenvalue weighted by Crippen LogP contribution is 2.25. The number of aromatic nitrogens is 4. The van der Waals surface area contributed by atoms with Crippen molar-refractivity contribution in [3.8, 4) is 11.5 Å². The first-order valence-corrected chi connectivity index (χ1v) is 5.63. The van der Waals surface area contributed by atoms with Gasteiger partial charge < -0.3 is 10.2 Å². The Morgan fingerprint density at radius 1 is 1.47 bits per heavy atom. The number of hydrazine groups is 1. The minimum Gasteiger partial charge on any atom is -0.464 e. The smallest absolute Gasteiger partial charge is 0.334 e. The number of nitrogens with one attached hydrogen (secondary N) is 2. The average molecular weight is 262 g/mol. The number of nitrogens with zero attached hydrogens (tertiary/aromatic N) is 4. The number of fused-ring (bicyclic) bond motifs is 3. The van der Waals surface area contributed by atoms with Crippen molar-refractivity contribution in [1.82, 2.24) is 24.9 Å². The van der Waals surface area contributed by atoms with Crippen molar-refractivity contribution in [3.05, 3.63) is 12.7 Å². The van der Waals surface area contributed by atoms with Crippen molar-refractivity contribution < 1.29 is 14.3 Å². The van der Waals surface area contributed by atoms with Crippen LogP contribution in [-0.4, -0.2) is 44.0 Å². The van der Waals surface area contributed by atoms with Gasteiger partial charge in [0.15, 0.2) is 17.3 Å². The molecule has 98 valence electrons. The fourth-order valence-corrected chi connectivity index (χ4v) is 1.82. The first kappa shape index (κ1) is 11.5. The third-order valence-electron chi connectivity index (χ3n) is 2.68. The van der Waals surface area contributed by atoms with Gasteiger partial charge in [-0.25, -0.2) is 25.2 Å². The van der Waals surface area contributed by atoms with E-state index in [1.807, 2.05) is 0 Å². The van der Waals surface area contributed by atoms with Gasteiger partial charge in [-0.2, -0.15) is 0 Å². The molecular weight excluding hydrogens is 252 g/mol. The highest BCUT2D eigenvalue weighted by atomic mass is 16.5. The summed E-state index contributed by atoms with van der Waals surface area (Å²) in [7, 11) is 0. The number of carbonyl (C=O) groups excluding carboxylic acids is 2. The normalized spacial score (nSPS) is 17.9. The Balaban J connectivity index is 2.00. The second kappa shape index (κ2) is 4.28. The van der Waals surface area contributed by atoms with E-state index in [0.29, 0.717) is 17.3 Å². The third-order valence-corrected chi connectivity index (χ3v) is 2.68. The molecular formula is C10H10N6O3. The van der Waals surface area contributed by atoms with E-state index in [-0.39, 0.29) is 6.61 Å². The molecule has 0 aromatic carbocycles. The van der Waals surface area contributed by atoms with Gasteiger partial charge in [-0.15, -0.1) is 0 Å². The van der Waals surface area contributed by atoms with Crippen LogP contribution in [0.3, 0.4) is 0 Å². The average Bonchev–Trinajstić information content (AvgIpc) is 2.87. The molecule has 1 unspecified atom stereocenters. The monoisotopic (exact) mass is 262 g/mol. The molecule has 1 atom stereocenters. The van der Waals surface area contributed by atoms with Gasteiger partial charge in [0.25, 0.3) is 5.91 Å². The summed E-state index contributed by atoms with van der Waals surface area (Å²) in [4.78, 5) is 35.7. The Hall–Kier alpha value is -2.55. The molecule has 9 nitrogen and oxygen atoms in total. The Morgan fingerprint density at radius 3 is 3.11 bits per heavy atom. The maximum atomic E-state index is 12.2. The molecule has 3 rings (SSSR count). The minimum absolute atomic E-state index is 0.202. The van der Waals surface area contributed by atoms with Crippen molar-refractivity contribution >= 4 is 17.7 Å². The van der Waals surface area contributed by atoms with E-state index in [1.165, 1.54) is 17.2 Å². The molecule has 0 saturated carbocycles. The Bertz CT molecular complexity index is 624. The summed E-state index contributed by atoms with van der Waals surface area (Å²) >= 11 is 0. The molecule has 0 saturated heterocycles. The molecule has 0 amide bonds. The fourth-order valence-electron chi connectivity index (χ4n) is 1.82. The number of anilines is 1. The zero-order chi connectivity index (χ0) is 13.4. The zero-order valence-corrected chi connectivity index (χ0v) is 9.95. The van der Waals surface area contributed by atoms with Crippen LogP contribution < -0.4 is 10.9 Å². The quantitative estimate of drug-likeness (QED) is 0.538. The van der Waals surface area contributed by atoms with Crippen molar-refractivity contribution in [1.29, 1.82) is 0 Å². The van der Waals surface area contributed by atoms with Gasteiger partial charge in [-0.05, 0) is 6.92 Å². The van der Waals surface area contributed by atoms with E-state index < -0.39 is 17.9 Å². The van der Waals surface area contributed by atoms with Gasteiger partial charge in [-0.1, -0.05) is 0 Å². The molecule has 0 radical (unpaired) electrons. The molecule has 19 heavy (non-hydrogen) atoms. The van der Waals surface area contributed by atoms with Crippen LogP contribution in [0.25, 0.3) is 11.5 Å². The van der Waals surface area contributed by atoms with Crippen LogP contribution in [-0.2, 0) is 9.53 Å². The molecule has 0 aromatic heterocycles. The van der Waals surface area contributed by atoms with Gasteiger partial charge in [0.1, 0.15) is 12.7 Å². The standard InChI is InChI=1S/C10H10N6O3/c1-2-19-10(18)6-9(17)16-4-13-7-5(11-3-12-7)8(16)15-14-6/h3-4,6,14-15H,2H2,1H3. The highest BCUT2D eigenvalue weighted by Gasteiger charge is 2.35. The van der Waals surface area contributed by atoms with E-state index in [1.54, 1.807) is 6.92 Å². The lowest BCUT2D eigenvalue weighted by Gasteiger charge is -2.26. The molecule has 3 aliphatic heterocycles. The summed E-state index contributed by atoms with van der Waals surface area (Å²) in [5, 5.41) is 0. The van der Waals surface area contributed by atoms with Crippen LogP contribution >= 0.6 is 0 Å². The van der Waals surface area contributed by atoms with Crippen LogP contribution in [0.15, 0.2) is 12.7 Å². The zero-order valence-electron chi connectivity index (χ0n) is 9.95. The second-order valence-corrected chi connectivity index (χ2v) is 3.80. The predicted molar refractivity (Wildman–Crippen MR) is 62.2 cm³/mol. The lowest BCUT2D eigenvalue weighted by Crippen LogP contribution is -2.53. The first-order valence-electron chi connectivity index (χ1n) is 5.63. The summed E-state index contributed by atoms with van der Waals surface area (Å²) in [6.07, 6.45) is 2.65. The lowest BCUT2D eigenvalue weighted by atomic mass is 10.2. The van der Waals surface area contributed by atoms with Gasteiger partial charge in [0, 0.05) is 0 Å². The molecule has 0 fully saturated rings. The van der Waals surface area contributed by atoms with Crippen molar-refractivity contribution in [3.63, 3.8) is 0 Å². The number of esters is 1. The summed E-state index contributed by atoms with van der Waals surface area (Å²) in [5.41, 5.74) is 5.81. The highest BCUT2D eigenvalue weighted by molar-refractivity contribution is 6.06.